The molecule has 6 heteroatoms. The van der Waals surface area contributed by atoms with E-state index < -0.39 is 0 Å². The van der Waals surface area contributed by atoms with Crippen LogP contribution in [0.15, 0.2) is 12.4 Å². The van der Waals surface area contributed by atoms with Gasteiger partial charge in [-0.3, -0.25) is 0 Å². The van der Waals surface area contributed by atoms with Crippen LogP contribution in [0.5, 0.6) is 0 Å². The van der Waals surface area contributed by atoms with Crippen LogP contribution in [0.2, 0.25) is 0 Å². The van der Waals surface area contributed by atoms with Gasteiger partial charge in [-0.1, -0.05) is 0 Å². The lowest BCUT2D eigenvalue weighted by Crippen LogP contribution is -2.19. The van der Waals surface area contributed by atoms with Crippen molar-refractivity contribution in [1.82, 2.24) is 9.97 Å². The van der Waals surface area contributed by atoms with Crippen LogP contribution in [0.3, 0.4) is 0 Å². The smallest absolute Gasteiger partial charge is 0.138 e. The number of anilines is 1. The molecule has 0 aliphatic carbocycles. The number of halogens is 1. The van der Waals surface area contributed by atoms with E-state index in [2.05, 4.69) is 28.3 Å². The molecule has 0 saturated carbocycles. The Labute approximate surface area is 116 Å². The zero-order chi connectivity index (χ0) is 11.7. The first kappa shape index (κ1) is 13.5. The summed E-state index contributed by atoms with van der Waals surface area (Å²) in [6.07, 6.45) is 4.27. The maximum atomic E-state index is 5.59. The minimum Gasteiger partial charge on any atom is -0.376 e. The summed E-state index contributed by atoms with van der Waals surface area (Å²) in [5.41, 5.74) is 0. The molecule has 1 saturated heterocycles. The summed E-state index contributed by atoms with van der Waals surface area (Å²) in [4.78, 5) is 10.9. The standard InChI is InChI=1S/C12H15N3OS.ClH/c1-8-5-10-11(14-7-15-12(10)17-8)13-6-9-3-2-4-16-9;/h5,7,9H,2-4,6H2,1H3,(H,13,14,15);1H. The average Bonchev–Trinajstić information content (AvgIpc) is 2.93. The minimum absolute atomic E-state index is 0. The maximum absolute atomic E-state index is 5.59. The monoisotopic (exact) mass is 285 g/mol. The average molecular weight is 286 g/mol. The van der Waals surface area contributed by atoms with Crippen molar-refractivity contribution in [2.24, 2.45) is 0 Å². The van der Waals surface area contributed by atoms with Crippen LogP contribution in [0.1, 0.15) is 17.7 Å². The van der Waals surface area contributed by atoms with Gasteiger partial charge in [0.15, 0.2) is 0 Å². The van der Waals surface area contributed by atoms with Crippen molar-refractivity contribution in [3.05, 3.63) is 17.3 Å². The number of rotatable bonds is 3. The van der Waals surface area contributed by atoms with E-state index in [0.717, 1.165) is 35.6 Å². The Morgan fingerprint density at radius 2 is 2.39 bits per heavy atom. The topological polar surface area (TPSA) is 47.0 Å². The van der Waals surface area contributed by atoms with Crippen molar-refractivity contribution >= 4 is 39.8 Å². The summed E-state index contributed by atoms with van der Waals surface area (Å²) in [6.45, 7) is 3.82. The zero-order valence-corrected chi connectivity index (χ0v) is 11.8. The predicted octanol–water partition coefficient (Wildman–Crippen LogP) is 3.01. The highest BCUT2D eigenvalue weighted by atomic mass is 35.5. The van der Waals surface area contributed by atoms with E-state index in [4.69, 9.17) is 4.74 Å². The van der Waals surface area contributed by atoms with Gasteiger partial charge in [0, 0.05) is 18.0 Å². The Morgan fingerprint density at radius 3 is 3.17 bits per heavy atom. The number of thiophene rings is 1. The second-order valence-corrected chi connectivity index (χ2v) is 5.55. The van der Waals surface area contributed by atoms with Crippen molar-refractivity contribution in [3.63, 3.8) is 0 Å². The number of hydrogen-bond acceptors (Lipinski definition) is 5. The molecular formula is C12H16ClN3OS. The van der Waals surface area contributed by atoms with Gasteiger partial charge in [0.25, 0.3) is 0 Å². The predicted molar refractivity (Wildman–Crippen MR) is 76.9 cm³/mol. The lowest BCUT2D eigenvalue weighted by molar-refractivity contribution is 0.120. The van der Waals surface area contributed by atoms with E-state index in [1.54, 1.807) is 17.7 Å². The Hall–Kier alpha value is -0.910. The molecule has 3 heterocycles. The Bertz CT molecular complexity index is 525. The molecule has 18 heavy (non-hydrogen) atoms. The summed E-state index contributed by atoms with van der Waals surface area (Å²) < 4.78 is 5.59. The molecule has 1 aliphatic heterocycles. The van der Waals surface area contributed by atoms with Crippen LogP contribution in [0.4, 0.5) is 5.82 Å². The van der Waals surface area contributed by atoms with E-state index >= 15 is 0 Å². The van der Waals surface area contributed by atoms with Crippen molar-refractivity contribution in [2.75, 3.05) is 18.5 Å². The first-order chi connectivity index (χ1) is 8.33. The largest absolute Gasteiger partial charge is 0.376 e. The molecule has 4 nitrogen and oxygen atoms in total. The number of ether oxygens (including phenoxy) is 1. The summed E-state index contributed by atoms with van der Waals surface area (Å²) in [7, 11) is 0. The third-order valence-electron chi connectivity index (χ3n) is 2.97. The SMILES string of the molecule is Cc1cc2c(NCC3CCCO3)ncnc2s1.Cl. The summed E-state index contributed by atoms with van der Waals surface area (Å²) >= 11 is 1.70. The highest BCUT2D eigenvalue weighted by Crippen LogP contribution is 2.27. The fourth-order valence-electron chi connectivity index (χ4n) is 2.13. The molecule has 2 aromatic rings. The van der Waals surface area contributed by atoms with E-state index in [9.17, 15) is 0 Å². The summed E-state index contributed by atoms with van der Waals surface area (Å²) in [6, 6.07) is 2.14. The molecule has 1 aliphatic rings. The number of nitrogens with zero attached hydrogens (tertiary/aromatic N) is 2. The van der Waals surface area contributed by atoms with Gasteiger partial charge >= 0.3 is 0 Å². The number of aromatic nitrogens is 2. The number of aryl methyl sites for hydroxylation is 1. The zero-order valence-electron chi connectivity index (χ0n) is 10.2. The first-order valence-electron chi connectivity index (χ1n) is 5.89. The maximum Gasteiger partial charge on any atom is 0.138 e. The third-order valence-corrected chi connectivity index (χ3v) is 3.93. The van der Waals surface area contributed by atoms with Crippen molar-refractivity contribution in [1.29, 1.82) is 0 Å². The van der Waals surface area contributed by atoms with Gasteiger partial charge in [0.1, 0.15) is 17.0 Å². The molecule has 1 fully saturated rings. The van der Waals surface area contributed by atoms with Crippen molar-refractivity contribution < 1.29 is 4.74 Å². The van der Waals surface area contributed by atoms with Crippen LogP contribution >= 0.6 is 23.7 Å². The van der Waals surface area contributed by atoms with Crippen LogP contribution in [-0.4, -0.2) is 29.2 Å². The summed E-state index contributed by atoms with van der Waals surface area (Å²) in [5.74, 6) is 0.926. The molecule has 98 valence electrons. The second-order valence-electron chi connectivity index (χ2n) is 4.31. The number of fused-ring (bicyclic) bond motifs is 1. The van der Waals surface area contributed by atoms with Gasteiger partial charge in [-0.05, 0) is 25.8 Å². The Kier molecular flexibility index (Phi) is 4.37. The molecule has 3 rings (SSSR count). The fourth-order valence-corrected chi connectivity index (χ4v) is 2.98. The number of hydrogen-bond donors (Lipinski definition) is 1. The van der Waals surface area contributed by atoms with E-state index in [1.165, 1.54) is 11.3 Å². The lowest BCUT2D eigenvalue weighted by atomic mass is 10.2. The van der Waals surface area contributed by atoms with Crippen LogP contribution < -0.4 is 5.32 Å². The van der Waals surface area contributed by atoms with Crippen LogP contribution in [-0.2, 0) is 4.74 Å². The molecule has 0 spiro atoms. The second kappa shape index (κ2) is 5.82. The Balaban J connectivity index is 0.00000120. The summed E-state index contributed by atoms with van der Waals surface area (Å²) in [5, 5.41) is 4.49. The molecule has 0 bridgehead atoms. The lowest BCUT2D eigenvalue weighted by Gasteiger charge is -2.11. The van der Waals surface area contributed by atoms with E-state index in [1.807, 2.05) is 0 Å². The molecule has 1 unspecified atom stereocenters. The van der Waals surface area contributed by atoms with Gasteiger partial charge in [0.2, 0.25) is 0 Å². The van der Waals surface area contributed by atoms with E-state index in [0.29, 0.717) is 6.10 Å². The van der Waals surface area contributed by atoms with Crippen molar-refractivity contribution in [3.8, 4) is 0 Å². The quantitative estimate of drug-likeness (QED) is 0.942. The normalized spacial score (nSPS) is 18.8. The van der Waals surface area contributed by atoms with Gasteiger partial charge in [-0.2, -0.15) is 0 Å². The molecule has 2 aromatic heterocycles. The van der Waals surface area contributed by atoms with Crippen LogP contribution in [0.25, 0.3) is 10.2 Å². The highest BCUT2D eigenvalue weighted by Gasteiger charge is 2.16. The first-order valence-corrected chi connectivity index (χ1v) is 6.71. The fraction of sp³-hybridized carbons (Fsp3) is 0.500. The highest BCUT2D eigenvalue weighted by molar-refractivity contribution is 7.18. The van der Waals surface area contributed by atoms with Gasteiger partial charge < -0.3 is 10.1 Å². The van der Waals surface area contributed by atoms with E-state index in [-0.39, 0.29) is 12.4 Å². The molecule has 1 atom stereocenters. The third kappa shape index (κ3) is 2.74. The molecule has 1 N–H and O–H groups in total. The van der Waals surface area contributed by atoms with Gasteiger partial charge in [-0.15, -0.1) is 23.7 Å². The van der Waals surface area contributed by atoms with Crippen molar-refractivity contribution in [2.45, 2.75) is 25.9 Å². The number of nitrogens with one attached hydrogen (secondary N) is 1. The molecular weight excluding hydrogens is 270 g/mol. The molecule has 0 amide bonds. The molecule has 0 aromatic carbocycles. The molecule has 0 radical (unpaired) electrons. The van der Waals surface area contributed by atoms with Gasteiger partial charge in [-0.25, -0.2) is 9.97 Å². The minimum atomic E-state index is 0. The Morgan fingerprint density at radius 1 is 1.50 bits per heavy atom. The van der Waals surface area contributed by atoms with Gasteiger partial charge in [0.05, 0.1) is 11.5 Å². The van der Waals surface area contributed by atoms with Crippen LogP contribution in [0, 0.1) is 6.92 Å².